The van der Waals surface area contributed by atoms with Gasteiger partial charge in [-0.3, -0.25) is 0 Å². The topological polar surface area (TPSA) is 62.2 Å². The van der Waals surface area contributed by atoms with Crippen molar-refractivity contribution in [2.24, 2.45) is 5.92 Å². The molecule has 0 bridgehead atoms. The number of fused-ring (bicyclic) bond motifs is 1. The van der Waals surface area contributed by atoms with E-state index in [1.165, 1.54) is 5.56 Å². The number of carboxylic acids is 1. The number of hydrogen-bond acceptors (Lipinski definition) is 3. The van der Waals surface area contributed by atoms with Crippen LogP contribution >= 0.6 is 0 Å². The largest absolute Gasteiger partial charge is 0.480 e. The summed E-state index contributed by atoms with van der Waals surface area (Å²) in [5.41, 5.74) is 1.22. The summed E-state index contributed by atoms with van der Waals surface area (Å²) in [5, 5.41) is 14.4. The molecule has 2 N–H and O–H groups in total. The van der Waals surface area contributed by atoms with Crippen molar-refractivity contribution >= 4 is 22.6 Å². The standard InChI is InChI=1S/C17H22N2O2/c1-10(2)13-6-5-12-7-8-18-16(14(12)9-13)19-15(11(3)4)17(20)21/h5-11,15H,1-4H3,(H,18,19)(H,20,21). The summed E-state index contributed by atoms with van der Waals surface area (Å²) in [4.78, 5) is 15.7. The molecule has 112 valence electrons. The molecule has 0 aliphatic carbocycles. The molecule has 0 saturated carbocycles. The highest BCUT2D eigenvalue weighted by Crippen LogP contribution is 2.26. The Balaban J connectivity index is 2.47. The van der Waals surface area contributed by atoms with Gasteiger partial charge in [0.05, 0.1) is 0 Å². The smallest absolute Gasteiger partial charge is 0.326 e. The minimum Gasteiger partial charge on any atom is -0.480 e. The highest BCUT2D eigenvalue weighted by Gasteiger charge is 2.22. The third-order valence-electron chi connectivity index (χ3n) is 3.68. The van der Waals surface area contributed by atoms with Crippen LogP contribution < -0.4 is 5.32 Å². The van der Waals surface area contributed by atoms with Crippen molar-refractivity contribution in [2.45, 2.75) is 39.7 Å². The fraction of sp³-hybridized carbons (Fsp3) is 0.412. The molecular formula is C17H22N2O2. The van der Waals surface area contributed by atoms with E-state index in [0.29, 0.717) is 11.7 Å². The molecule has 4 heteroatoms. The first-order valence-electron chi connectivity index (χ1n) is 7.28. The lowest BCUT2D eigenvalue weighted by Crippen LogP contribution is -2.34. The highest BCUT2D eigenvalue weighted by molar-refractivity contribution is 5.93. The van der Waals surface area contributed by atoms with Crippen LogP contribution in [0.2, 0.25) is 0 Å². The van der Waals surface area contributed by atoms with Crippen molar-refractivity contribution in [2.75, 3.05) is 5.32 Å². The van der Waals surface area contributed by atoms with Crippen molar-refractivity contribution in [3.8, 4) is 0 Å². The van der Waals surface area contributed by atoms with E-state index in [9.17, 15) is 9.90 Å². The summed E-state index contributed by atoms with van der Waals surface area (Å²) in [6.45, 7) is 8.05. The molecule has 0 saturated heterocycles. The molecule has 2 aromatic rings. The Kier molecular flexibility index (Phi) is 4.46. The second kappa shape index (κ2) is 6.12. The average Bonchev–Trinajstić information content (AvgIpc) is 2.43. The molecule has 1 unspecified atom stereocenters. The first kappa shape index (κ1) is 15.3. The number of aromatic nitrogens is 1. The molecule has 1 aromatic heterocycles. The van der Waals surface area contributed by atoms with Gasteiger partial charge in [0.2, 0.25) is 0 Å². The average molecular weight is 286 g/mol. The fourth-order valence-corrected chi connectivity index (χ4v) is 2.32. The van der Waals surface area contributed by atoms with Gasteiger partial charge < -0.3 is 10.4 Å². The Hall–Kier alpha value is -2.10. The lowest BCUT2D eigenvalue weighted by molar-refractivity contribution is -0.138. The van der Waals surface area contributed by atoms with E-state index < -0.39 is 12.0 Å². The summed E-state index contributed by atoms with van der Waals surface area (Å²) >= 11 is 0. The minimum atomic E-state index is -0.858. The lowest BCUT2D eigenvalue weighted by Gasteiger charge is -2.20. The maximum atomic E-state index is 11.4. The molecule has 0 radical (unpaired) electrons. The molecule has 21 heavy (non-hydrogen) atoms. The van der Waals surface area contributed by atoms with Crippen LogP contribution in [0.4, 0.5) is 5.82 Å². The number of aliphatic carboxylic acids is 1. The van der Waals surface area contributed by atoms with Gasteiger partial charge in [-0.05, 0) is 34.9 Å². The number of nitrogens with zero attached hydrogens (tertiary/aromatic N) is 1. The Morgan fingerprint density at radius 2 is 1.90 bits per heavy atom. The predicted octanol–water partition coefficient (Wildman–Crippen LogP) is 3.88. The highest BCUT2D eigenvalue weighted by atomic mass is 16.4. The number of rotatable bonds is 5. The number of benzene rings is 1. The van der Waals surface area contributed by atoms with Crippen molar-refractivity contribution < 1.29 is 9.90 Å². The van der Waals surface area contributed by atoms with Crippen LogP contribution in [-0.2, 0) is 4.79 Å². The van der Waals surface area contributed by atoms with Gasteiger partial charge in [0.25, 0.3) is 0 Å². The summed E-state index contributed by atoms with van der Waals surface area (Å²) < 4.78 is 0. The molecule has 1 heterocycles. The van der Waals surface area contributed by atoms with E-state index >= 15 is 0 Å². The van der Waals surface area contributed by atoms with Gasteiger partial charge in [0.15, 0.2) is 0 Å². The van der Waals surface area contributed by atoms with Gasteiger partial charge in [0, 0.05) is 11.6 Å². The van der Waals surface area contributed by atoms with Crippen molar-refractivity contribution in [3.63, 3.8) is 0 Å². The molecule has 0 fully saturated rings. The van der Waals surface area contributed by atoms with E-state index in [1.807, 2.05) is 19.9 Å². The van der Waals surface area contributed by atoms with Gasteiger partial charge in [-0.2, -0.15) is 0 Å². The van der Waals surface area contributed by atoms with Crippen LogP contribution in [0.3, 0.4) is 0 Å². The Bertz CT molecular complexity index is 650. The molecule has 0 aliphatic heterocycles. The molecule has 4 nitrogen and oxygen atoms in total. The normalized spacial score (nSPS) is 12.9. The Labute approximate surface area is 125 Å². The zero-order valence-corrected chi connectivity index (χ0v) is 12.9. The maximum absolute atomic E-state index is 11.4. The van der Waals surface area contributed by atoms with Crippen molar-refractivity contribution in [1.82, 2.24) is 4.98 Å². The molecule has 0 amide bonds. The molecule has 0 spiro atoms. The van der Waals surface area contributed by atoms with Crippen molar-refractivity contribution in [1.29, 1.82) is 0 Å². The second-order valence-corrected chi connectivity index (χ2v) is 6.00. The molecule has 2 rings (SSSR count). The Morgan fingerprint density at radius 1 is 1.19 bits per heavy atom. The quantitative estimate of drug-likeness (QED) is 0.875. The van der Waals surface area contributed by atoms with Crippen LogP contribution in [0.25, 0.3) is 10.8 Å². The van der Waals surface area contributed by atoms with Crippen LogP contribution in [0, 0.1) is 5.92 Å². The summed E-state index contributed by atoms with van der Waals surface area (Å²) in [5.74, 6) is 0.176. The van der Waals surface area contributed by atoms with Crippen LogP contribution in [0.15, 0.2) is 30.5 Å². The van der Waals surface area contributed by atoms with E-state index in [1.54, 1.807) is 6.20 Å². The SMILES string of the molecule is CC(C)c1ccc2ccnc(NC(C(=O)O)C(C)C)c2c1. The zero-order valence-electron chi connectivity index (χ0n) is 12.9. The zero-order chi connectivity index (χ0) is 15.6. The first-order chi connectivity index (χ1) is 9.90. The van der Waals surface area contributed by atoms with E-state index in [2.05, 4.69) is 42.3 Å². The summed E-state index contributed by atoms with van der Waals surface area (Å²) in [6.07, 6.45) is 1.71. The van der Waals surface area contributed by atoms with E-state index in [0.717, 1.165) is 10.8 Å². The molecular weight excluding hydrogens is 264 g/mol. The number of carbonyl (C=O) groups is 1. The fourth-order valence-electron chi connectivity index (χ4n) is 2.32. The third-order valence-corrected chi connectivity index (χ3v) is 3.68. The molecule has 1 aromatic carbocycles. The Morgan fingerprint density at radius 3 is 2.48 bits per heavy atom. The number of anilines is 1. The summed E-state index contributed by atoms with van der Waals surface area (Å²) in [7, 11) is 0. The number of hydrogen-bond donors (Lipinski definition) is 2. The van der Waals surface area contributed by atoms with Crippen LogP contribution in [-0.4, -0.2) is 22.1 Å². The predicted molar refractivity (Wildman–Crippen MR) is 85.7 cm³/mol. The number of carboxylic acid groups (broad SMARTS) is 1. The molecule has 0 aliphatic rings. The van der Waals surface area contributed by atoms with E-state index in [4.69, 9.17) is 0 Å². The van der Waals surface area contributed by atoms with E-state index in [-0.39, 0.29) is 5.92 Å². The number of pyridine rings is 1. The van der Waals surface area contributed by atoms with Crippen LogP contribution in [0.5, 0.6) is 0 Å². The van der Waals surface area contributed by atoms with Crippen LogP contribution in [0.1, 0.15) is 39.2 Å². The van der Waals surface area contributed by atoms with Gasteiger partial charge in [-0.25, -0.2) is 9.78 Å². The van der Waals surface area contributed by atoms with Gasteiger partial charge in [0.1, 0.15) is 11.9 Å². The maximum Gasteiger partial charge on any atom is 0.326 e. The lowest BCUT2D eigenvalue weighted by atomic mass is 9.99. The van der Waals surface area contributed by atoms with Gasteiger partial charge in [-0.15, -0.1) is 0 Å². The van der Waals surface area contributed by atoms with Gasteiger partial charge >= 0.3 is 5.97 Å². The van der Waals surface area contributed by atoms with Gasteiger partial charge in [-0.1, -0.05) is 39.8 Å². The third kappa shape index (κ3) is 3.32. The first-order valence-corrected chi connectivity index (χ1v) is 7.28. The number of nitrogens with one attached hydrogen (secondary N) is 1. The monoisotopic (exact) mass is 286 g/mol. The minimum absolute atomic E-state index is 0.0205. The molecule has 1 atom stereocenters. The second-order valence-electron chi connectivity index (χ2n) is 6.00. The van der Waals surface area contributed by atoms with Crippen molar-refractivity contribution in [3.05, 3.63) is 36.0 Å². The summed E-state index contributed by atoms with van der Waals surface area (Å²) in [6, 6.07) is 7.55.